The van der Waals surface area contributed by atoms with Crippen LogP contribution in [-0.2, 0) is 0 Å². The monoisotopic (exact) mass is 359 g/mol. The Labute approximate surface area is 152 Å². The van der Waals surface area contributed by atoms with E-state index >= 15 is 0 Å². The van der Waals surface area contributed by atoms with Gasteiger partial charge in [0.05, 0.1) is 23.5 Å². The lowest BCUT2D eigenvalue weighted by Gasteiger charge is -2.12. The number of amides is 1. The lowest BCUT2D eigenvalue weighted by molar-refractivity contribution is 0.102. The van der Waals surface area contributed by atoms with E-state index in [4.69, 9.17) is 5.73 Å². The molecule has 3 N–H and O–H groups in total. The lowest BCUT2D eigenvalue weighted by atomic mass is 10.1. The number of rotatable bonds is 3. The summed E-state index contributed by atoms with van der Waals surface area (Å²) in [4.78, 5) is 41.6. The van der Waals surface area contributed by atoms with Gasteiger partial charge in [0.15, 0.2) is 0 Å². The number of pyridine rings is 3. The van der Waals surface area contributed by atoms with Crippen LogP contribution in [0.3, 0.4) is 0 Å². The van der Waals surface area contributed by atoms with E-state index in [1.807, 2.05) is 0 Å². The van der Waals surface area contributed by atoms with Gasteiger partial charge in [-0.3, -0.25) is 19.1 Å². The summed E-state index contributed by atoms with van der Waals surface area (Å²) in [6.07, 6.45) is 9.06. The van der Waals surface area contributed by atoms with Crippen molar-refractivity contribution in [3.63, 3.8) is 0 Å². The van der Waals surface area contributed by atoms with Gasteiger partial charge >= 0.3 is 0 Å². The Kier molecular flexibility index (Phi) is 4.01. The van der Waals surface area contributed by atoms with Gasteiger partial charge in [-0.15, -0.1) is 0 Å². The number of aromatic nitrogens is 5. The third kappa shape index (κ3) is 3.09. The highest BCUT2D eigenvalue weighted by atomic mass is 16.2. The molecule has 0 unspecified atom stereocenters. The van der Waals surface area contributed by atoms with Gasteiger partial charge in [0, 0.05) is 30.5 Å². The van der Waals surface area contributed by atoms with Gasteiger partial charge in [-0.2, -0.15) is 0 Å². The number of carbonyl (C=O) groups is 1. The molecule has 4 aromatic heterocycles. The van der Waals surface area contributed by atoms with E-state index in [0.29, 0.717) is 22.4 Å². The Morgan fingerprint density at radius 1 is 1.04 bits per heavy atom. The smallest absolute Gasteiger partial charge is 0.261 e. The van der Waals surface area contributed by atoms with Crippen LogP contribution in [0.15, 0.2) is 66.2 Å². The van der Waals surface area contributed by atoms with Crippen molar-refractivity contribution in [3.05, 3.63) is 77.2 Å². The van der Waals surface area contributed by atoms with Crippen LogP contribution in [0.5, 0.6) is 0 Å². The van der Waals surface area contributed by atoms with Crippen LogP contribution in [0.1, 0.15) is 10.4 Å². The third-order valence-corrected chi connectivity index (χ3v) is 3.88. The summed E-state index contributed by atoms with van der Waals surface area (Å²) in [5, 5.41) is 2.99. The molecular formula is C18H13N7O2. The fourth-order valence-electron chi connectivity index (χ4n) is 2.61. The van der Waals surface area contributed by atoms with E-state index in [2.05, 4.69) is 25.3 Å². The highest BCUT2D eigenvalue weighted by Crippen LogP contribution is 2.16. The summed E-state index contributed by atoms with van der Waals surface area (Å²) in [5.41, 5.74) is 6.52. The van der Waals surface area contributed by atoms with Gasteiger partial charge < -0.3 is 11.1 Å². The number of nitrogens with zero attached hydrogens (tertiary/aromatic N) is 5. The van der Waals surface area contributed by atoms with Gasteiger partial charge in [-0.05, 0) is 24.3 Å². The molecular weight excluding hydrogens is 346 g/mol. The first-order valence-electron chi connectivity index (χ1n) is 7.93. The van der Waals surface area contributed by atoms with Crippen molar-refractivity contribution >= 4 is 28.6 Å². The minimum absolute atomic E-state index is 0.0378. The molecule has 0 atom stereocenters. The van der Waals surface area contributed by atoms with Crippen molar-refractivity contribution in [2.24, 2.45) is 0 Å². The number of fused-ring (bicyclic) bond motifs is 1. The fraction of sp³-hybridized carbons (Fsp3) is 0. The molecule has 4 aromatic rings. The van der Waals surface area contributed by atoms with Crippen molar-refractivity contribution in [3.8, 4) is 5.69 Å². The number of hydrogen-bond acceptors (Lipinski definition) is 7. The van der Waals surface area contributed by atoms with Gasteiger partial charge in [0.1, 0.15) is 11.2 Å². The molecule has 0 aliphatic heterocycles. The number of nitrogens with one attached hydrogen (secondary N) is 1. The molecule has 0 fully saturated rings. The van der Waals surface area contributed by atoms with E-state index in [1.165, 1.54) is 18.6 Å². The molecule has 4 rings (SSSR count). The van der Waals surface area contributed by atoms with Crippen molar-refractivity contribution < 1.29 is 4.79 Å². The molecule has 0 saturated heterocycles. The van der Waals surface area contributed by atoms with E-state index in [0.717, 1.165) is 0 Å². The number of anilines is 2. The second-order valence-corrected chi connectivity index (χ2v) is 5.61. The fourth-order valence-corrected chi connectivity index (χ4v) is 2.61. The van der Waals surface area contributed by atoms with Gasteiger partial charge in [0.2, 0.25) is 11.4 Å². The molecule has 0 bridgehead atoms. The van der Waals surface area contributed by atoms with Crippen LogP contribution in [-0.4, -0.2) is 30.4 Å². The predicted octanol–water partition coefficient (Wildman–Crippen LogP) is 1.41. The SMILES string of the molecule is Nc1ncc(-n2cc(C(=O)Nc3ccncc3)c(=O)c3cccnc32)cn1. The van der Waals surface area contributed by atoms with Crippen molar-refractivity contribution in [1.29, 1.82) is 0 Å². The summed E-state index contributed by atoms with van der Waals surface area (Å²) in [6, 6.07) is 6.51. The number of carbonyl (C=O) groups excluding carboxylic acids is 1. The minimum atomic E-state index is -0.540. The van der Waals surface area contributed by atoms with E-state index in [9.17, 15) is 9.59 Å². The standard InChI is InChI=1S/C18H13N7O2/c19-18-22-8-12(9-23-18)25-10-14(15(26)13-2-1-5-21-16(13)25)17(27)24-11-3-6-20-7-4-11/h1-10H,(H2,19,22,23)(H,20,24,27). The predicted molar refractivity (Wildman–Crippen MR) is 99.5 cm³/mol. The number of hydrogen-bond donors (Lipinski definition) is 2. The first kappa shape index (κ1) is 16.3. The molecule has 0 saturated carbocycles. The maximum absolute atomic E-state index is 12.8. The number of nitrogens with two attached hydrogens (primary N) is 1. The van der Waals surface area contributed by atoms with Crippen LogP contribution in [0, 0.1) is 0 Å². The van der Waals surface area contributed by atoms with E-state index in [-0.39, 0.29) is 11.5 Å². The van der Waals surface area contributed by atoms with Gasteiger partial charge in [0.25, 0.3) is 5.91 Å². The first-order valence-corrected chi connectivity index (χ1v) is 7.93. The second-order valence-electron chi connectivity index (χ2n) is 5.61. The summed E-state index contributed by atoms with van der Waals surface area (Å²) in [5.74, 6) is -0.422. The molecule has 0 aromatic carbocycles. The van der Waals surface area contributed by atoms with Gasteiger partial charge in [-0.1, -0.05) is 0 Å². The molecule has 0 aliphatic rings. The highest BCUT2D eigenvalue weighted by Gasteiger charge is 2.17. The van der Waals surface area contributed by atoms with Crippen LogP contribution in [0.25, 0.3) is 16.7 Å². The molecule has 27 heavy (non-hydrogen) atoms. The van der Waals surface area contributed by atoms with Crippen molar-refractivity contribution in [1.82, 2.24) is 24.5 Å². The van der Waals surface area contributed by atoms with Crippen LogP contribution in [0.4, 0.5) is 11.6 Å². The zero-order valence-corrected chi connectivity index (χ0v) is 13.9. The lowest BCUT2D eigenvalue weighted by Crippen LogP contribution is -2.24. The zero-order valence-electron chi connectivity index (χ0n) is 13.9. The molecule has 132 valence electrons. The third-order valence-electron chi connectivity index (χ3n) is 3.88. The normalized spacial score (nSPS) is 10.7. The molecule has 0 spiro atoms. The Hall–Kier alpha value is -4.14. The average molecular weight is 359 g/mol. The minimum Gasteiger partial charge on any atom is -0.368 e. The molecule has 1 amide bonds. The van der Waals surface area contributed by atoms with Crippen molar-refractivity contribution in [2.45, 2.75) is 0 Å². The Bertz CT molecular complexity index is 1190. The van der Waals surface area contributed by atoms with Gasteiger partial charge in [-0.25, -0.2) is 15.0 Å². The van der Waals surface area contributed by atoms with Crippen LogP contribution in [0.2, 0.25) is 0 Å². The maximum Gasteiger partial charge on any atom is 0.261 e. The highest BCUT2D eigenvalue weighted by molar-refractivity contribution is 6.05. The molecule has 0 radical (unpaired) electrons. The summed E-state index contributed by atoms with van der Waals surface area (Å²) in [7, 11) is 0. The second kappa shape index (κ2) is 6.64. The quantitative estimate of drug-likeness (QED) is 0.566. The van der Waals surface area contributed by atoms with Crippen LogP contribution < -0.4 is 16.5 Å². The zero-order chi connectivity index (χ0) is 18.8. The first-order chi connectivity index (χ1) is 13.1. The Morgan fingerprint density at radius 3 is 2.52 bits per heavy atom. The molecule has 4 heterocycles. The average Bonchev–Trinajstić information content (AvgIpc) is 2.70. The molecule has 9 heteroatoms. The topological polar surface area (TPSA) is 129 Å². The van der Waals surface area contributed by atoms with E-state index < -0.39 is 11.3 Å². The summed E-state index contributed by atoms with van der Waals surface area (Å²) < 4.78 is 1.58. The summed E-state index contributed by atoms with van der Waals surface area (Å²) in [6.45, 7) is 0. The van der Waals surface area contributed by atoms with Crippen LogP contribution >= 0.6 is 0 Å². The van der Waals surface area contributed by atoms with Crippen molar-refractivity contribution in [2.75, 3.05) is 11.1 Å². The molecule has 0 aliphatic carbocycles. The summed E-state index contributed by atoms with van der Waals surface area (Å²) >= 11 is 0. The Balaban J connectivity index is 1.88. The largest absolute Gasteiger partial charge is 0.368 e. The Morgan fingerprint density at radius 2 is 1.78 bits per heavy atom. The van der Waals surface area contributed by atoms with E-state index in [1.54, 1.807) is 47.4 Å². The molecule has 9 nitrogen and oxygen atoms in total. The number of nitrogen functional groups attached to an aromatic ring is 1. The maximum atomic E-state index is 12.8.